The van der Waals surface area contributed by atoms with Crippen LogP contribution < -0.4 is 5.32 Å². The second-order valence-corrected chi connectivity index (χ2v) is 8.90. The van der Waals surface area contributed by atoms with Crippen LogP contribution in [0.15, 0.2) is 29.3 Å². The number of carbonyl (C=O) groups is 1. The van der Waals surface area contributed by atoms with Crippen molar-refractivity contribution >= 4 is 38.4 Å². The van der Waals surface area contributed by atoms with Crippen LogP contribution in [0.1, 0.15) is 20.3 Å². The van der Waals surface area contributed by atoms with Crippen LogP contribution in [0.4, 0.5) is 0 Å². The number of fused-ring (bicyclic) bond motifs is 1. The van der Waals surface area contributed by atoms with E-state index in [0.29, 0.717) is 16.5 Å². The summed E-state index contributed by atoms with van der Waals surface area (Å²) in [5.74, 6) is 0.0998. The first-order valence-corrected chi connectivity index (χ1v) is 9.65. The number of carbonyl (C=O) groups excluding carboxylic acids is 1. The molecule has 6 nitrogen and oxygen atoms in total. The number of benzene rings is 1. The number of aromatic nitrogens is 1. The fourth-order valence-electron chi connectivity index (χ4n) is 3.03. The van der Waals surface area contributed by atoms with Gasteiger partial charge in [0, 0.05) is 28.5 Å². The van der Waals surface area contributed by atoms with E-state index in [4.69, 9.17) is 11.6 Å². The summed E-state index contributed by atoms with van der Waals surface area (Å²) in [6.07, 6.45) is 0.736. The number of piperazine rings is 1. The second kappa shape index (κ2) is 6.38. The summed E-state index contributed by atoms with van der Waals surface area (Å²) in [6, 6.07) is 6.53. The first kappa shape index (κ1) is 17.3. The average molecular weight is 370 g/mol. The summed E-state index contributed by atoms with van der Waals surface area (Å²) in [5.41, 5.74) is 0.693. The predicted octanol–water partition coefficient (Wildman–Crippen LogP) is 2.36. The van der Waals surface area contributed by atoms with Gasteiger partial charge >= 0.3 is 0 Å². The van der Waals surface area contributed by atoms with E-state index >= 15 is 0 Å². The highest BCUT2D eigenvalue weighted by Gasteiger charge is 2.34. The van der Waals surface area contributed by atoms with E-state index in [1.54, 1.807) is 24.3 Å². The van der Waals surface area contributed by atoms with Crippen molar-refractivity contribution < 1.29 is 13.2 Å². The van der Waals surface area contributed by atoms with Crippen molar-refractivity contribution in [1.82, 2.24) is 14.6 Å². The Labute approximate surface area is 146 Å². The van der Waals surface area contributed by atoms with E-state index in [1.165, 1.54) is 4.31 Å². The van der Waals surface area contributed by atoms with Gasteiger partial charge in [0.25, 0.3) is 10.0 Å². The number of halogens is 1. The molecule has 1 unspecified atom stereocenters. The van der Waals surface area contributed by atoms with Crippen molar-refractivity contribution in [1.29, 1.82) is 0 Å². The summed E-state index contributed by atoms with van der Waals surface area (Å²) in [4.78, 5) is 14.8. The van der Waals surface area contributed by atoms with Crippen LogP contribution in [0.2, 0.25) is 5.02 Å². The van der Waals surface area contributed by atoms with Crippen LogP contribution in [0.5, 0.6) is 0 Å². The van der Waals surface area contributed by atoms with Gasteiger partial charge in [0.1, 0.15) is 5.03 Å². The zero-order valence-corrected chi connectivity index (χ0v) is 15.1. The fraction of sp³-hybridized carbons (Fsp3) is 0.438. The van der Waals surface area contributed by atoms with Crippen LogP contribution in [0.3, 0.4) is 0 Å². The summed E-state index contributed by atoms with van der Waals surface area (Å²) in [7, 11) is -3.76. The first-order valence-electron chi connectivity index (χ1n) is 7.83. The molecule has 0 bridgehead atoms. The smallest absolute Gasteiger partial charge is 0.259 e. The molecule has 2 aromatic rings. The molecule has 1 amide bonds. The lowest BCUT2D eigenvalue weighted by atomic mass is 10.0. The van der Waals surface area contributed by atoms with Gasteiger partial charge < -0.3 is 10.3 Å². The molecular weight excluding hydrogens is 350 g/mol. The summed E-state index contributed by atoms with van der Waals surface area (Å²) in [5, 5.41) is 4.21. The Bertz CT molecular complexity index is 876. The van der Waals surface area contributed by atoms with Crippen molar-refractivity contribution in [2.75, 3.05) is 13.1 Å². The number of nitrogens with one attached hydrogen (secondary N) is 2. The van der Waals surface area contributed by atoms with E-state index in [9.17, 15) is 13.2 Å². The molecule has 1 aromatic heterocycles. The maximum absolute atomic E-state index is 12.9. The van der Waals surface area contributed by atoms with Gasteiger partial charge in [0.05, 0.1) is 6.54 Å². The Balaban J connectivity index is 1.91. The van der Waals surface area contributed by atoms with E-state index in [1.807, 2.05) is 13.8 Å². The van der Waals surface area contributed by atoms with Crippen molar-refractivity contribution in [3.8, 4) is 0 Å². The lowest BCUT2D eigenvalue weighted by Gasteiger charge is -2.32. The molecule has 24 heavy (non-hydrogen) atoms. The summed E-state index contributed by atoms with van der Waals surface area (Å²) < 4.78 is 27.0. The minimum Gasteiger partial charge on any atom is -0.351 e. The normalized spacial score (nSPS) is 19.8. The second-order valence-electron chi connectivity index (χ2n) is 6.56. The summed E-state index contributed by atoms with van der Waals surface area (Å²) in [6.45, 7) is 4.21. The van der Waals surface area contributed by atoms with Gasteiger partial charge in [0.15, 0.2) is 0 Å². The molecule has 1 saturated heterocycles. The van der Waals surface area contributed by atoms with Gasteiger partial charge in [-0.1, -0.05) is 25.4 Å². The number of amides is 1. The highest BCUT2D eigenvalue weighted by Crippen LogP contribution is 2.25. The van der Waals surface area contributed by atoms with Crippen molar-refractivity contribution in [2.45, 2.75) is 31.3 Å². The topological polar surface area (TPSA) is 82.3 Å². The van der Waals surface area contributed by atoms with E-state index in [0.717, 1.165) is 11.8 Å². The third-order valence-corrected chi connectivity index (χ3v) is 6.01. The SMILES string of the molecule is CC(C)CC1CN(S(=O)(=O)c2cc3cc(Cl)ccc3[nH]2)CC(=O)N1. The third-order valence-electron chi connectivity index (χ3n) is 4.04. The van der Waals surface area contributed by atoms with Crippen LogP contribution in [-0.2, 0) is 14.8 Å². The molecule has 0 spiro atoms. The van der Waals surface area contributed by atoms with Crippen LogP contribution in [0, 0.1) is 5.92 Å². The van der Waals surface area contributed by atoms with Gasteiger partial charge in [-0.05, 0) is 36.6 Å². The quantitative estimate of drug-likeness (QED) is 0.867. The Hall–Kier alpha value is -1.57. The standard InChI is InChI=1S/C16H20ClN3O3S/c1-10(2)5-13-8-20(9-15(21)18-13)24(22,23)16-7-11-6-12(17)3-4-14(11)19-16/h3-4,6-7,10,13,19H,5,8-9H2,1-2H3,(H,18,21). The molecule has 1 atom stereocenters. The maximum atomic E-state index is 12.9. The highest BCUT2D eigenvalue weighted by atomic mass is 35.5. The molecule has 0 aliphatic carbocycles. The number of hydrogen-bond acceptors (Lipinski definition) is 3. The Kier molecular flexibility index (Phi) is 4.59. The first-order chi connectivity index (χ1) is 11.3. The monoisotopic (exact) mass is 369 g/mol. The molecular formula is C16H20ClN3O3S. The maximum Gasteiger partial charge on any atom is 0.259 e. The molecule has 1 fully saturated rings. The van der Waals surface area contributed by atoms with Crippen LogP contribution in [0.25, 0.3) is 10.9 Å². The van der Waals surface area contributed by atoms with Crippen LogP contribution >= 0.6 is 11.6 Å². The molecule has 130 valence electrons. The Morgan fingerprint density at radius 2 is 2.08 bits per heavy atom. The number of sulfonamides is 1. The van der Waals surface area contributed by atoms with Gasteiger partial charge in [-0.25, -0.2) is 8.42 Å². The number of H-pyrrole nitrogens is 1. The molecule has 1 aromatic carbocycles. The minimum absolute atomic E-state index is 0.0813. The average Bonchev–Trinajstić information content (AvgIpc) is 2.89. The predicted molar refractivity (Wildman–Crippen MR) is 93.5 cm³/mol. The third kappa shape index (κ3) is 3.43. The highest BCUT2D eigenvalue weighted by molar-refractivity contribution is 7.89. The van der Waals surface area contributed by atoms with Crippen molar-refractivity contribution in [3.05, 3.63) is 29.3 Å². The molecule has 1 aliphatic heterocycles. The van der Waals surface area contributed by atoms with E-state index in [2.05, 4.69) is 10.3 Å². The lowest BCUT2D eigenvalue weighted by Crippen LogP contribution is -2.55. The van der Waals surface area contributed by atoms with Gasteiger partial charge in [-0.2, -0.15) is 4.31 Å². The van der Waals surface area contributed by atoms with Gasteiger partial charge in [0.2, 0.25) is 5.91 Å². The van der Waals surface area contributed by atoms with Crippen molar-refractivity contribution in [3.63, 3.8) is 0 Å². The molecule has 3 rings (SSSR count). The molecule has 2 N–H and O–H groups in total. The molecule has 8 heteroatoms. The minimum atomic E-state index is -3.76. The lowest BCUT2D eigenvalue weighted by molar-refractivity contribution is -0.124. The van der Waals surface area contributed by atoms with E-state index < -0.39 is 10.0 Å². The molecule has 0 saturated carbocycles. The Morgan fingerprint density at radius 1 is 1.33 bits per heavy atom. The molecule has 0 radical (unpaired) electrons. The number of rotatable bonds is 4. The Morgan fingerprint density at radius 3 is 2.79 bits per heavy atom. The zero-order valence-electron chi connectivity index (χ0n) is 13.5. The van der Waals surface area contributed by atoms with Crippen molar-refractivity contribution in [2.24, 2.45) is 5.92 Å². The van der Waals surface area contributed by atoms with Crippen LogP contribution in [-0.4, -0.2) is 42.7 Å². The number of aromatic amines is 1. The zero-order chi connectivity index (χ0) is 17.5. The largest absolute Gasteiger partial charge is 0.351 e. The number of hydrogen-bond donors (Lipinski definition) is 2. The summed E-state index contributed by atoms with van der Waals surface area (Å²) >= 11 is 5.95. The molecule has 1 aliphatic rings. The van der Waals surface area contributed by atoms with Gasteiger partial charge in [-0.15, -0.1) is 0 Å². The fourth-order valence-corrected chi connectivity index (χ4v) is 4.67. The number of nitrogens with zero attached hydrogens (tertiary/aromatic N) is 1. The molecule has 2 heterocycles. The van der Waals surface area contributed by atoms with Gasteiger partial charge in [-0.3, -0.25) is 4.79 Å². The van der Waals surface area contributed by atoms with E-state index in [-0.39, 0.29) is 30.1 Å².